The van der Waals surface area contributed by atoms with Crippen LogP contribution in [0, 0.1) is 5.82 Å². The lowest BCUT2D eigenvalue weighted by Crippen LogP contribution is -1.98. The van der Waals surface area contributed by atoms with Crippen molar-refractivity contribution < 1.29 is 9.50 Å². The zero-order valence-corrected chi connectivity index (χ0v) is 11.7. The molecule has 0 aliphatic carbocycles. The van der Waals surface area contributed by atoms with E-state index < -0.39 is 11.9 Å². The molecular formula is C15H22ClFO. The van der Waals surface area contributed by atoms with Crippen LogP contribution in [0.4, 0.5) is 4.39 Å². The predicted octanol–water partition coefficient (Wildman–Crippen LogP) is 5.26. The van der Waals surface area contributed by atoms with Gasteiger partial charge < -0.3 is 5.11 Å². The first-order valence-corrected chi connectivity index (χ1v) is 7.16. The summed E-state index contributed by atoms with van der Waals surface area (Å²) < 4.78 is 13.2. The first-order chi connectivity index (χ1) is 8.65. The summed E-state index contributed by atoms with van der Waals surface area (Å²) in [5, 5.41) is 10.0. The number of rotatable bonds is 8. The van der Waals surface area contributed by atoms with Gasteiger partial charge in [-0.2, -0.15) is 0 Å². The van der Waals surface area contributed by atoms with Crippen LogP contribution < -0.4 is 0 Å². The topological polar surface area (TPSA) is 20.2 Å². The highest BCUT2D eigenvalue weighted by atomic mass is 35.5. The van der Waals surface area contributed by atoms with Gasteiger partial charge in [0.2, 0.25) is 0 Å². The molecule has 0 bridgehead atoms. The van der Waals surface area contributed by atoms with Crippen molar-refractivity contribution in [1.29, 1.82) is 0 Å². The SMILES string of the molecule is CCCCCCCCC(O)c1ccc(Cl)c(F)c1. The quantitative estimate of drug-likeness (QED) is 0.640. The molecule has 1 unspecified atom stereocenters. The largest absolute Gasteiger partial charge is 0.388 e. The van der Waals surface area contributed by atoms with Crippen LogP contribution in [-0.2, 0) is 0 Å². The Labute approximate surface area is 114 Å². The van der Waals surface area contributed by atoms with Crippen molar-refractivity contribution in [2.45, 2.75) is 58.0 Å². The van der Waals surface area contributed by atoms with E-state index in [4.69, 9.17) is 11.6 Å². The van der Waals surface area contributed by atoms with E-state index in [2.05, 4.69) is 6.92 Å². The molecule has 1 aromatic carbocycles. The molecule has 3 heteroatoms. The molecule has 18 heavy (non-hydrogen) atoms. The van der Waals surface area contributed by atoms with E-state index in [0.29, 0.717) is 12.0 Å². The lowest BCUT2D eigenvalue weighted by molar-refractivity contribution is 0.163. The van der Waals surface area contributed by atoms with Crippen LogP contribution >= 0.6 is 11.6 Å². The lowest BCUT2D eigenvalue weighted by Gasteiger charge is -2.11. The van der Waals surface area contributed by atoms with Crippen LogP contribution in [0.25, 0.3) is 0 Å². The molecule has 1 rings (SSSR count). The van der Waals surface area contributed by atoms with Crippen LogP contribution in [0.15, 0.2) is 18.2 Å². The number of unbranched alkanes of at least 4 members (excludes halogenated alkanes) is 5. The van der Waals surface area contributed by atoms with Gasteiger partial charge in [-0.1, -0.05) is 63.1 Å². The van der Waals surface area contributed by atoms with Crippen LogP contribution in [-0.4, -0.2) is 5.11 Å². The maximum Gasteiger partial charge on any atom is 0.142 e. The molecule has 1 nitrogen and oxygen atoms in total. The maximum atomic E-state index is 13.2. The maximum absolute atomic E-state index is 13.2. The molecular weight excluding hydrogens is 251 g/mol. The van der Waals surface area contributed by atoms with Crippen LogP contribution in [0.5, 0.6) is 0 Å². The second-order valence-corrected chi connectivity index (χ2v) is 5.15. The molecule has 0 spiro atoms. The van der Waals surface area contributed by atoms with E-state index in [1.165, 1.54) is 37.8 Å². The summed E-state index contributed by atoms with van der Waals surface area (Å²) in [5.74, 6) is -0.462. The van der Waals surface area contributed by atoms with Crippen molar-refractivity contribution >= 4 is 11.6 Å². The van der Waals surface area contributed by atoms with Gasteiger partial charge in [-0.3, -0.25) is 0 Å². The third-order valence-electron chi connectivity index (χ3n) is 3.16. The number of aliphatic hydroxyl groups is 1. The summed E-state index contributed by atoms with van der Waals surface area (Å²) in [7, 11) is 0. The number of hydrogen-bond acceptors (Lipinski definition) is 1. The fourth-order valence-corrected chi connectivity index (χ4v) is 2.12. The number of benzene rings is 1. The van der Waals surface area contributed by atoms with Gasteiger partial charge in [-0.25, -0.2) is 4.39 Å². The third-order valence-corrected chi connectivity index (χ3v) is 3.47. The summed E-state index contributed by atoms with van der Waals surface area (Å²) in [5.41, 5.74) is 0.616. The van der Waals surface area contributed by atoms with Crippen LogP contribution in [0.3, 0.4) is 0 Å². The minimum Gasteiger partial charge on any atom is -0.388 e. The van der Waals surface area contributed by atoms with Crippen LogP contribution in [0.2, 0.25) is 5.02 Å². The Hall–Kier alpha value is -0.600. The monoisotopic (exact) mass is 272 g/mol. The second-order valence-electron chi connectivity index (χ2n) is 4.75. The summed E-state index contributed by atoms with van der Waals surface area (Å²) in [4.78, 5) is 0. The van der Waals surface area contributed by atoms with Crippen LogP contribution in [0.1, 0.15) is 63.5 Å². The van der Waals surface area contributed by atoms with E-state index in [0.717, 1.165) is 12.8 Å². The van der Waals surface area contributed by atoms with Gasteiger partial charge in [0.25, 0.3) is 0 Å². The minimum absolute atomic E-state index is 0.102. The van der Waals surface area contributed by atoms with Gasteiger partial charge in [0.05, 0.1) is 11.1 Å². The van der Waals surface area contributed by atoms with Gasteiger partial charge in [0.1, 0.15) is 5.82 Å². The fraction of sp³-hybridized carbons (Fsp3) is 0.600. The lowest BCUT2D eigenvalue weighted by atomic mass is 10.0. The predicted molar refractivity (Wildman–Crippen MR) is 74.4 cm³/mol. The summed E-state index contributed by atoms with van der Waals surface area (Å²) >= 11 is 5.60. The van der Waals surface area contributed by atoms with Gasteiger partial charge in [-0.05, 0) is 24.1 Å². The standard InChI is InChI=1S/C15H22ClFO/c1-2-3-4-5-6-7-8-15(18)12-9-10-13(16)14(17)11-12/h9-11,15,18H,2-8H2,1H3. The first kappa shape index (κ1) is 15.5. The molecule has 102 valence electrons. The van der Waals surface area contributed by atoms with E-state index in [1.807, 2.05) is 0 Å². The van der Waals surface area contributed by atoms with Crippen molar-refractivity contribution in [3.05, 3.63) is 34.6 Å². The summed E-state index contributed by atoms with van der Waals surface area (Å²) in [6.45, 7) is 2.19. The zero-order chi connectivity index (χ0) is 13.4. The molecule has 0 radical (unpaired) electrons. The van der Waals surface area contributed by atoms with Crippen molar-refractivity contribution in [3.63, 3.8) is 0 Å². The van der Waals surface area contributed by atoms with E-state index >= 15 is 0 Å². The highest BCUT2D eigenvalue weighted by Crippen LogP contribution is 2.24. The molecule has 1 N–H and O–H groups in total. The van der Waals surface area contributed by atoms with Gasteiger partial charge in [0.15, 0.2) is 0 Å². The molecule has 1 atom stereocenters. The summed E-state index contributed by atoms with van der Waals surface area (Å²) in [6, 6.07) is 4.51. The highest BCUT2D eigenvalue weighted by molar-refractivity contribution is 6.30. The Morgan fingerprint density at radius 3 is 2.50 bits per heavy atom. The normalized spacial score (nSPS) is 12.7. The smallest absolute Gasteiger partial charge is 0.142 e. The molecule has 0 fully saturated rings. The Morgan fingerprint density at radius 1 is 1.17 bits per heavy atom. The van der Waals surface area contributed by atoms with Crippen molar-refractivity contribution in [3.8, 4) is 0 Å². The minimum atomic E-state index is -0.581. The van der Waals surface area contributed by atoms with Crippen molar-refractivity contribution in [1.82, 2.24) is 0 Å². The number of hydrogen-bond donors (Lipinski definition) is 1. The van der Waals surface area contributed by atoms with Crippen molar-refractivity contribution in [2.75, 3.05) is 0 Å². The van der Waals surface area contributed by atoms with Gasteiger partial charge in [0, 0.05) is 0 Å². The second kappa shape index (κ2) is 8.49. The van der Waals surface area contributed by atoms with E-state index in [1.54, 1.807) is 6.07 Å². The highest BCUT2D eigenvalue weighted by Gasteiger charge is 2.09. The number of halogens is 2. The van der Waals surface area contributed by atoms with Gasteiger partial charge >= 0.3 is 0 Å². The van der Waals surface area contributed by atoms with Gasteiger partial charge in [-0.15, -0.1) is 0 Å². The molecule has 0 aliphatic heterocycles. The molecule has 0 saturated carbocycles. The van der Waals surface area contributed by atoms with E-state index in [9.17, 15) is 9.50 Å². The Balaban J connectivity index is 2.27. The molecule has 0 amide bonds. The summed E-state index contributed by atoms with van der Waals surface area (Å²) in [6.07, 6.45) is 7.23. The first-order valence-electron chi connectivity index (χ1n) is 6.78. The molecule has 0 saturated heterocycles. The molecule has 0 aromatic heterocycles. The Bertz CT molecular complexity index is 354. The molecule has 0 heterocycles. The van der Waals surface area contributed by atoms with Crippen molar-refractivity contribution in [2.24, 2.45) is 0 Å². The zero-order valence-electron chi connectivity index (χ0n) is 11.0. The average Bonchev–Trinajstić information content (AvgIpc) is 2.36. The average molecular weight is 273 g/mol. The third kappa shape index (κ3) is 5.36. The molecule has 1 aromatic rings. The Kier molecular flexibility index (Phi) is 7.29. The Morgan fingerprint density at radius 2 is 1.83 bits per heavy atom. The number of aliphatic hydroxyl groups excluding tert-OH is 1. The fourth-order valence-electron chi connectivity index (χ4n) is 2.00. The molecule has 0 aliphatic rings. The van der Waals surface area contributed by atoms with E-state index in [-0.39, 0.29) is 5.02 Å².